The van der Waals surface area contributed by atoms with Crippen LogP contribution < -0.4 is 0 Å². The van der Waals surface area contributed by atoms with Crippen LogP contribution >= 0.6 is 0 Å². The average molecular weight is 202 g/mol. The molecule has 0 aromatic heterocycles. The first-order valence-electron chi connectivity index (χ1n) is 4.16. The van der Waals surface area contributed by atoms with E-state index in [1.807, 2.05) is 0 Å². The van der Waals surface area contributed by atoms with E-state index in [1.54, 1.807) is 0 Å². The Morgan fingerprint density at radius 2 is 1.79 bits per heavy atom. The summed E-state index contributed by atoms with van der Waals surface area (Å²) in [5.41, 5.74) is -2.41. The highest BCUT2D eigenvalue weighted by Gasteiger charge is 2.55. The summed E-state index contributed by atoms with van der Waals surface area (Å²) in [5, 5.41) is 17.5. The average Bonchev–Trinajstić information content (AvgIpc) is 2.27. The number of cyclic esters (lactones) is 1. The molecule has 0 radical (unpaired) electrons. The lowest BCUT2D eigenvalue weighted by Crippen LogP contribution is -2.46. The molecular formula is C8H10O6. The molecule has 0 atom stereocenters. The lowest BCUT2D eigenvalue weighted by Gasteiger charge is -2.19. The van der Waals surface area contributed by atoms with Crippen molar-refractivity contribution < 1.29 is 29.3 Å². The first-order valence-corrected chi connectivity index (χ1v) is 4.16. The minimum absolute atomic E-state index is 0.0845. The smallest absolute Gasteiger partial charge is 0.335 e. The van der Waals surface area contributed by atoms with Crippen molar-refractivity contribution in [3.63, 3.8) is 0 Å². The second-order valence-electron chi connectivity index (χ2n) is 3.11. The standard InChI is InChI=1S/C8H10O6/c9-5(10)8(6(11)12)3-1-2-4-14-7(8)13/h1-4H2,(H,9,10)(H,11,12). The SMILES string of the molecule is O=C(O)C1(C(=O)O)CCCCOC1=O. The summed E-state index contributed by atoms with van der Waals surface area (Å²) in [4.78, 5) is 32.8. The molecule has 2 N–H and O–H groups in total. The Morgan fingerprint density at radius 3 is 2.29 bits per heavy atom. The Morgan fingerprint density at radius 1 is 1.21 bits per heavy atom. The van der Waals surface area contributed by atoms with E-state index in [1.165, 1.54) is 0 Å². The first kappa shape index (κ1) is 10.5. The zero-order chi connectivity index (χ0) is 10.8. The predicted molar refractivity (Wildman–Crippen MR) is 42.5 cm³/mol. The molecule has 78 valence electrons. The fraction of sp³-hybridized carbons (Fsp3) is 0.625. The number of carboxylic acid groups (broad SMARTS) is 2. The number of esters is 1. The zero-order valence-corrected chi connectivity index (χ0v) is 7.36. The second-order valence-corrected chi connectivity index (χ2v) is 3.11. The van der Waals surface area contributed by atoms with Gasteiger partial charge in [-0.05, 0) is 19.3 Å². The van der Waals surface area contributed by atoms with E-state index in [-0.39, 0.29) is 13.0 Å². The minimum Gasteiger partial charge on any atom is -0.480 e. The third-order valence-electron chi connectivity index (χ3n) is 2.26. The van der Waals surface area contributed by atoms with Gasteiger partial charge in [0.25, 0.3) is 5.41 Å². The van der Waals surface area contributed by atoms with E-state index in [4.69, 9.17) is 10.2 Å². The largest absolute Gasteiger partial charge is 0.480 e. The number of carbonyl (C=O) groups is 3. The molecule has 0 unspecified atom stereocenters. The Hall–Kier alpha value is -1.59. The van der Waals surface area contributed by atoms with E-state index in [9.17, 15) is 14.4 Å². The Balaban J connectivity index is 3.10. The number of carbonyl (C=O) groups excluding carboxylic acids is 1. The predicted octanol–water partition coefficient (Wildman–Crippen LogP) is -0.131. The Labute approximate surface area is 79.5 Å². The lowest BCUT2D eigenvalue weighted by atomic mass is 9.83. The zero-order valence-electron chi connectivity index (χ0n) is 7.36. The van der Waals surface area contributed by atoms with Crippen LogP contribution in [-0.2, 0) is 19.1 Å². The molecule has 1 rings (SSSR count). The molecule has 1 fully saturated rings. The summed E-state index contributed by atoms with van der Waals surface area (Å²) in [5.74, 6) is -4.48. The number of hydrogen-bond acceptors (Lipinski definition) is 4. The number of rotatable bonds is 2. The first-order chi connectivity index (χ1) is 6.51. The monoisotopic (exact) mass is 202 g/mol. The maximum atomic E-state index is 11.2. The molecule has 1 aliphatic heterocycles. The van der Waals surface area contributed by atoms with Crippen LogP contribution in [0.25, 0.3) is 0 Å². The van der Waals surface area contributed by atoms with Gasteiger partial charge in [-0.25, -0.2) is 0 Å². The van der Waals surface area contributed by atoms with Crippen LogP contribution in [0, 0.1) is 5.41 Å². The van der Waals surface area contributed by atoms with E-state index in [2.05, 4.69) is 4.74 Å². The Kier molecular flexibility index (Phi) is 2.73. The quantitative estimate of drug-likeness (QED) is 0.477. The Bertz CT molecular complexity index is 268. The lowest BCUT2D eigenvalue weighted by molar-refractivity contribution is -0.177. The summed E-state index contributed by atoms with van der Waals surface area (Å²) in [6.45, 7) is 0.0845. The van der Waals surface area contributed by atoms with Crippen LogP contribution in [0.1, 0.15) is 19.3 Å². The number of hydrogen-bond donors (Lipinski definition) is 2. The molecule has 1 heterocycles. The highest BCUT2D eigenvalue weighted by molar-refractivity contribution is 6.16. The fourth-order valence-electron chi connectivity index (χ4n) is 1.36. The molecular weight excluding hydrogens is 192 g/mol. The van der Waals surface area contributed by atoms with Gasteiger partial charge in [0.15, 0.2) is 0 Å². The van der Waals surface area contributed by atoms with Crippen molar-refractivity contribution in [1.82, 2.24) is 0 Å². The van der Waals surface area contributed by atoms with Gasteiger partial charge in [-0.1, -0.05) is 0 Å². The number of aliphatic carboxylic acids is 2. The summed E-state index contributed by atoms with van der Waals surface area (Å²) < 4.78 is 4.54. The van der Waals surface area contributed by atoms with Crippen molar-refractivity contribution in [2.75, 3.05) is 6.61 Å². The van der Waals surface area contributed by atoms with E-state index in [0.717, 1.165) is 0 Å². The molecule has 0 bridgehead atoms. The van der Waals surface area contributed by atoms with Gasteiger partial charge in [0.2, 0.25) is 0 Å². The molecule has 6 heteroatoms. The van der Waals surface area contributed by atoms with Gasteiger partial charge < -0.3 is 14.9 Å². The minimum atomic E-state index is -2.41. The van der Waals surface area contributed by atoms with Crippen molar-refractivity contribution >= 4 is 17.9 Å². The summed E-state index contributed by atoms with van der Waals surface area (Å²) in [7, 11) is 0. The molecule has 0 spiro atoms. The molecule has 0 amide bonds. The number of carboxylic acids is 2. The molecule has 0 aliphatic carbocycles. The third-order valence-corrected chi connectivity index (χ3v) is 2.26. The van der Waals surface area contributed by atoms with Crippen molar-refractivity contribution in [2.45, 2.75) is 19.3 Å². The van der Waals surface area contributed by atoms with Crippen molar-refractivity contribution in [1.29, 1.82) is 0 Å². The summed E-state index contributed by atoms with van der Waals surface area (Å²) in [6, 6.07) is 0. The van der Waals surface area contributed by atoms with Gasteiger partial charge in [0.1, 0.15) is 0 Å². The molecule has 6 nitrogen and oxygen atoms in total. The summed E-state index contributed by atoms with van der Waals surface area (Å²) in [6.07, 6.45) is 0.634. The van der Waals surface area contributed by atoms with Gasteiger partial charge in [0.05, 0.1) is 6.61 Å². The summed E-state index contributed by atoms with van der Waals surface area (Å²) >= 11 is 0. The molecule has 0 aromatic carbocycles. The molecule has 0 saturated carbocycles. The van der Waals surface area contributed by atoms with Crippen LogP contribution in [0.15, 0.2) is 0 Å². The fourth-order valence-corrected chi connectivity index (χ4v) is 1.36. The van der Waals surface area contributed by atoms with Gasteiger partial charge in [-0.15, -0.1) is 0 Å². The van der Waals surface area contributed by atoms with Gasteiger partial charge in [-0.2, -0.15) is 0 Å². The van der Waals surface area contributed by atoms with Crippen molar-refractivity contribution in [2.24, 2.45) is 5.41 Å². The molecule has 1 saturated heterocycles. The third kappa shape index (κ3) is 1.43. The van der Waals surface area contributed by atoms with Gasteiger partial charge in [-0.3, -0.25) is 14.4 Å². The maximum Gasteiger partial charge on any atom is 0.335 e. The topological polar surface area (TPSA) is 101 Å². The molecule has 1 aliphatic rings. The van der Waals surface area contributed by atoms with Crippen LogP contribution in [0.2, 0.25) is 0 Å². The van der Waals surface area contributed by atoms with E-state index < -0.39 is 23.3 Å². The molecule has 0 aromatic rings. The highest BCUT2D eigenvalue weighted by atomic mass is 16.5. The van der Waals surface area contributed by atoms with E-state index in [0.29, 0.717) is 12.8 Å². The normalized spacial score (nSPS) is 20.7. The van der Waals surface area contributed by atoms with Crippen molar-refractivity contribution in [3.8, 4) is 0 Å². The maximum absolute atomic E-state index is 11.2. The highest BCUT2D eigenvalue weighted by Crippen LogP contribution is 2.30. The van der Waals surface area contributed by atoms with Crippen LogP contribution in [0.4, 0.5) is 0 Å². The van der Waals surface area contributed by atoms with Crippen LogP contribution in [0.3, 0.4) is 0 Å². The van der Waals surface area contributed by atoms with Gasteiger partial charge in [0, 0.05) is 0 Å². The van der Waals surface area contributed by atoms with E-state index >= 15 is 0 Å². The van der Waals surface area contributed by atoms with Crippen LogP contribution in [0.5, 0.6) is 0 Å². The van der Waals surface area contributed by atoms with Crippen LogP contribution in [-0.4, -0.2) is 34.7 Å². The van der Waals surface area contributed by atoms with Crippen molar-refractivity contribution in [3.05, 3.63) is 0 Å². The molecule has 14 heavy (non-hydrogen) atoms. The second kappa shape index (κ2) is 3.65. The number of ether oxygens (including phenoxy) is 1. The van der Waals surface area contributed by atoms with Gasteiger partial charge >= 0.3 is 17.9 Å².